The molecular formula is C18H21ClN4O2. The van der Waals surface area contributed by atoms with E-state index in [0.717, 1.165) is 11.3 Å². The van der Waals surface area contributed by atoms with E-state index in [1.165, 1.54) is 0 Å². The fourth-order valence-electron chi connectivity index (χ4n) is 3.10. The van der Waals surface area contributed by atoms with E-state index in [-0.39, 0.29) is 11.8 Å². The van der Waals surface area contributed by atoms with Crippen LogP contribution in [-0.2, 0) is 16.1 Å². The SMILES string of the molecule is CC[C@@H](C(=O)Nc1cc(Cl)ccc1C)N1C(=O)CCn2nc(C)cc21. The van der Waals surface area contributed by atoms with Crippen molar-refractivity contribution in [3.63, 3.8) is 0 Å². The first-order valence-electron chi connectivity index (χ1n) is 8.34. The molecule has 25 heavy (non-hydrogen) atoms. The Morgan fingerprint density at radius 3 is 2.84 bits per heavy atom. The molecule has 0 fully saturated rings. The number of rotatable bonds is 4. The van der Waals surface area contributed by atoms with Gasteiger partial charge in [0, 0.05) is 23.2 Å². The van der Waals surface area contributed by atoms with Crippen molar-refractivity contribution in [2.24, 2.45) is 0 Å². The van der Waals surface area contributed by atoms with Gasteiger partial charge in [-0.05, 0) is 38.0 Å². The molecule has 1 N–H and O–H groups in total. The topological polar surface area (TPSA) is 67.2 Å². The summed E-state index contributed by atoms with van der Waals surface area (Å²) in [5.74, 6) is 0.393. The summed E-state index contributed by atoms with van der Waals surface area (Å²) in [6.45, 7) is 6.22. The zero-order valence-corrected chi connectivity index (χ0v) is 15.3. The lowest BCUT2D eigenvalue weighted by Gasteiger charge is -2.33. The normalized spacial score (nSPS) is 15.0. The van der Waals surface area contributed by atoms with Crippen LogP contribution in [0, 0.1) is 13.8 Å². The van der Waals surface area contributed by atoms with E-state index >= 15 is 0 Å². The number of carbonyl (C=O) groups is 2. The number of hydrogen-bond acceptors (Lipinski definition) is 3. The van der Waals surface area contributed by atoms with Crippen LogP contribution in [0.4, 0.5) is 11.5 Å². The summed E-state index contributed by atoms with van der Waals surface area (Å²) < 4.78 is 1.79. The van der Waals surface area contributed by atoms with Crippen LogP contribution in [0.1, 0.15) is 31.0 Å². The van der Waals surface area contributed by atoms with E-state index in [1.807, 2.05) is 32.9 Å². The van der Waals surface area contributed by atoms with Gasteiger partial charge >= 0.3 is 0 Å². The molecule has 0 aliphatic carbocycles. The van der Waals surface area contributed by atoms with Crippen molar-refractivity contribution in [1.29, 1.82) is 0 Å². The zero-order chi connectivity index (χ0) is 18.1. The minimum atomic E-state index is -0.596. The van der Waals surface area contributed by atoms with Crippen molar-refractivity contribution < 1.29 is 9.59 Å². The quantitative estimate of drug-likeness (QED) is 0.909. The highest BCUT2D eigenvalue weighted by Crippen LogP contribution is 2.27. The van der Waals surface area contributed by atoms with Crippen molar-refractivity contribution in [3.05, 3.63) is 40.5 Å². The summed E-state index contributed by atoms with van der Waals surface area (Å²) in [6, 6.07) is 6.59. The molecule has 1 aromatic heterocycles. The number of aryl methyl sites for hydroxylation is 3. The van der Waals surface area contributed by atoms with Gasteiger partial charge in [0.05, 0.1) is 12.2 Å². The lowest BCUT2D eigenvalue weighted by atomic mass is 10.1. The number of aromatic nitrogens is 2. The molecule has 0 unspecified atom stereocenters. The average molecular weight is 361 g/mol. The van der Waals surface area contributed by atoms with E-state index in [4.69, 9.17) is 11.6 Å². The largest absolute Gasteiger partial charge is 0.324 e. The monoisotopic (exact) mass is 360 g/mol. The maximum absolute atomic E-state index is 12.9. The smallest absolute Gasteiger partial charge is 0.247 e. The number of amides is 2. The number of halogens is 1. The first kappa shape index (κ1) is 17.5. The Morgan fingerprint density at radius 1 is 1.36 bits per heavy atom. The molecule has 6 nitrogen and oxygen atoms in total. The number of hydrogen-bond donors (Lipinski definition) is 1. The molecule has 0 saturated carbocycles. The van der Waals surface area contributed by atoms with Crippen molar-refractivity contribution in [2.75, 3.05) is 10.2 Å². The van der Waals surface area contributed by atoms with Gasteiger partial charge in [0.2, 0.25) is 11.8 Å². The van der Waals surface area contributed by atoms with Gasteiger partial charge in [-0.15, -0.1) is 0 Å². The molecule has 7 heteroatoms. The van der Waals surface area contributed by atoms with Crippen LogP contribution in [0.25, 0.3) is 0 Å². The molecule has 2 amide bonds. The lowest BCUT2D eigenvalue weighted by molar-refractivity contribution is -0.124. The van der Waals surface area contributed by atoms with Gasteiger partial charge in [0.25, 0.3) is 0 Å². The second-order valence-electron chi connectivity index (χ2n) is 6.25. The number of anilines is 2. The number of carbonyl (C=O) groups excluding carboxylic acids is 2. The van der Waals surface area contributed by atoms with Gasteiger partial charge in [-0.25, -0.2) is 4.68 Å². The molecule has 1 aliphatic heterocycles. The van der Waals surface area contributed by atoms with Crippen LogP contribution >= 0.6 is 11.6 Å². The highest BCUT2D eigenvalue weighted by Gasteiger charge is 2.35. The molecule has 2 aromatic rings. The Kier molecular flexibility index (Phi) is 4.81. The summed E-state index contributed by atoms with van der Waals surface area (Å²) in [7, 11) is 0. The first-order chi connectivity index (χ1) is 11.9. The van der Waals surface area contributed by atoms with E-state index in [1.54, 1.807) is 21.7 Å². The third-order valence-corrected chi connectivity index (χ3v) is 4.63. The van der Waals surface area contributed by atoms with Crippen LogP contribution < -0.4 is 10.2 Å². The summed E-state index contributed by atoms with van der Waals surface area (Å²) in [5, 5.41) is 7.86. The Labute approximate surface area is 151 Å². The van der Waals surface area contributed by atoms with Gasteiger partial charge in [-0.3, -0.25) is 14.5 Å². The molecule has 3 rings (SSSR count). The molecule has 0 bridgehead atoms. The highest BCUT2D eigenvalue weighted by atomic mass is 35.5. The van der Waals surface area contributed by atoms with Gasteiger partial charge < -0.3 is 5.32 Å². The van der Waals surface area contributed by atoms with Crippen molar-refractivity contribution in [1.82, 2.24) is 9.78 Å². The minimum Gasteiger partial charge on any atom is -0.324 e. The van der Waals surface area contributed by atoms with Gasteiger partial charge in [0.1, 0.15) is 11.9 Å². The van der Waals surface area contributed by atoms with Crippen LogP contribution in [0.15, 0.2) is 24.3 Å². The maximum atomic E-state index is 12.9. The van der Waals surface area contributed by atoms with Crippen LogP contribution in [0.3, 0.4) is 0 Å². The van der Waals surface area contributed by atoms with Crippen LogP contribution in [0.2, 0.25) is 5.02 Å². The molecule has 1 aliphatic rings. The van der Waals surface area contributed by atoms with E-state index in [2.05, 4.69) is 10.4 Å². The van der Waals surface area contributed by atoms with Gasteiger partial charge in [0.15, 0.2) is 0 Å². The fraction of sp³-hybridized carbons (Fsp3) is 0.389. The molecule has 0 radical (unpaired) electrons. The second-order valence-corrected chi connectivity index (χ2v) is 6.69. The lowest BCUT2D eigenvalue weighted by Crippen LogP contribution is -2.50. The van der Waals surface area contributed by atoms with E-state index in [9.17, 15) is 9.59 Å². The molecule has 0 saturated heterocycles. The number of fused-ring (bicyclic) bond motifs is 1. The Morgan fingerprint density at radius 2 is 2.12 bits per heavy atom. The molecule has 2 heterocycles. The molecule has 0 spiro atoms. The Hall–Kier alpha value is -2.34. The summed E-state index contributed by atoms with van der Waals surface area (Å²) in [4.78, 5) is 27.0. The number of nitrogens with zero attached hydrogens (tertiary/aromatic N) is 3. The van der Waals surface area contributed by atoms with E-state index in [0.29, 0.717) is 35.9 Å². The minimum absolute atomic E-state index is 0.0581. The highest BCUT2D eigenvalue weighted by molar-refractivity contribution is 6.31. The molecule has 132 valence electrons. The van der Waals surface area contributed by atoms with Gasteiger partial charge in [-0.1, -0.05) is 24.6 Å². The Balaban J connectivity index is 1.90. The summed E-state index contributed by atoms with van der Waals surface area (Å²) in [5.41, 5.74) is 2.40. The van der Waals surface area contributed by atoms with Crippen LogP contribution in [0.5, 0.6) is 0 Å². The third kappa shape index (κ3) is 3.39. The fourth-order valence-corrected chi connectivity index (χ4v) is 3.28. The second kappa shape index (κ2) is 6.88. The number of benzene rings is 1. The average Bonchev–Trinajstić information content (AvgIpc) is 2.94. The predicted molar refractivity (Wildman–Crippen MR) is 98.0 cm³/mol. The van der Waals surface area contributed by atoms with Crippen molar-refractivity contribution in [3.8, 4) is 0 Å². The third-order valence-electron chi connectivity index (χ3n) is 4.39. The van der Waals surface area contributed by atoms with Crippen molar-refractivity contribution in [2.45, 2.75) is 46.2 Å². The maximum Gasteiger partial charge on any atom is 0.247 e. The molecule has 1 atom stereocenters. The molecular weight excluding hydrogens is 340 g/mol. The zero-order valence-electron chi connectivity index (χ0n) is 14.5. The Bertz CT molecular complexity index is 830. The van der Waals surface area contributed by atoms with Crippen molar-refractivity contribution >= 4 is 34.9 Å². The standard InChI is InChI=1S/C18H21ClN4O2/c1-4-15(18(25)20-14-10-13(19)6-5-11(14)2)23-16-9-12(3)21-22(16)8-7-17(23)24/h5-6,9-10,15H,4,7-8H2,1-3H3,(H,20,25)/t15-/m0/s1. The van der Waals surface area contributed by atoms with Gasteiger partial charge in [-0.2, -0.15) is 5.10 Å². The summed E-state index contributed by atoms with van der Waals surface area (Å²) in [6.07, 6.45) is 0.843. The van der Waals surface area contributed by atoms with Crippen LogP contribution in [-0.4, -0.2) is 27.6 Å². The number of nitrogens with one attached hydrogen (secondary N) is 1. The van der Waals surface area contributed by atoms with E-state index < -0.39 is 6.04 Å². The molecule has 1 aromatic carbocycles. The summed E-state index contributed by atoms with van der Waals surface area (Å²) >= 11 is 6.03. The predicted octanol–water partition coefficient (Wildman–Crippen LogP) is 3.31. The first-order valence-corrected chi connectivity index (χ1v) is 8.72.